The van der Waals surface area contributed by atoms with E-state index in [9.17, 15) is 4.79 Å². The minimum absolute atomic E-state index is 0.0521. The van der Waals surface area contributed by atoms with Gasteiger partial charge in [-0.2, -0.15) is 0 Å². The lowest BCUT2D eigenvalue weighted by Crippen LogP contribution is -2.49. The van der Waals surface area contributed by atoms with E-state index in [1.165, 1.54) is 0 Å². The molecule has 0 atom stereocenters. The molecule has 1 saturated heterocycles. The van der Waals surface area contributed by atoms with Gasteiger partial charge in [-0.05, 0) is 31.3 Å². The van der Waals surface area contributed by atoms with Crippen LogP contribution in [-0.2, 0) is 0 Å². The van der Waals surface area contributed by atoms with E-state index in [0.717, 1.165) is 97.2 Å². The Morgan fingerprint density at radius 3 is 2.39 bits per heavy atom. The number of methoxy groups -OCH3 is 1. The number of aromatic nitrogens is 3. The fourth-order valence-electron chi connectivity index (χ4n) is 5.52. The average molecular weight is 556 g/mol. The maximum absolute atomic E-state index is 13.4. The summed E-state index contributed by atoms with van der Waals surface area (Å²) in [6.07, 6.45) is 5.66. The van der Waals surface area contributed by atoms with Crippen molar-refractivity contribution in [1.29, 1.82) is 0 Å². The third kappa shape index (κ3) is 6.06. The number of hydrogen-bond acceptors (Lipinski definition) is 7. The molecule has 41 heavy (non-hydrogen) atoms. The number of carbonyl (C=O) groups is 1. The van der Waals surface area contributed by atoms with Gasteiger partial charge in [0.1, 0.15) is 17.2 Å². The van der Waals surface area contributed by atoms with Crippen LogP contribution >= 0.6 is 0 Å². The molecule has 1 amide bonds. The summed E-state index contributed by atoms with van der Waals surface area (Å²) in [6, 6.07) is 12.0. The Labute approximate surface area is 242 Å². The molecule has 0 radical (unpaired) electrons. The Bertz CT molecular complexity index is 1490. The molecule has 1 fully saturated rings. The molecule has 1 aliphatic rings. The Morgan fingerprint density at radius 1 is 0.976 bits per heavy atom. The van der Waals surface area contributed by atoms with Crippen LogP contribution in [0.2, 0.25) is 0 Å². The first-order chi connectivity index (χ1) is 19.9. The van der Waals surface area contributed by atoms with Crippen LogP contribution in [0, 0.1) is 0 Å². The summed E-state index contributed by atoms with van der Waals surface area (Å²) in [5, 5.41) is 0.984. The van der Waals surface area contributed by atoms with Crippen LogP contribution in [0.5, 0.6) is 5.75 Å². The van der Waals surface area contributed by atoms with Crippen molar-refractivity contribution in [1.82, 2.24) is 29.7 Å². The number of pyridine rings is 2. The lowest BCUT2D eigenvalue weighted by atomic mass is 10.0. The molecule has 1 aliphatic heterocycles. The van der Waals surface area contributed by atoms with E-state index < -0.39 is 0 Å². The summed E-state index contributed by atoms with van der Waals surface area (Å²) in [6.45, 7) is 12.3. The standard InChI is InChI=1S/C32H41N7O2/c1-6-37(7-2)12-13-38-14-16-39(17-15-38)31-27(32(40)36(3)4)19-24(21-35-31)23-18-26-28(22-34-30(26)33-20-23)25-10-8-9-11-29(25)41-5/h8-11,18-22H,6-7,12-17H2,1-5H3,(H,33,34). The fourth-order valence-corrected chi connectivity index (χ4v) is 5.52. The smallest absolute Gasteiger partial charge is 0.257 e. The molecule has 4 heterocycles. The van der Waals surface area contributed by atoms with Crippen molar-refractivity contribution >= 4 is 22.8 Å². The van der Waals surface area contributed by atoms with Crippen molar-refractivity contribution in [3.05, 3.63) is 60.6 Å². The number of rotatable bonds is 10. The molecule has 0 unspecified atom stereocenters. The highest BCUT2D eigenvalue weighted by molar-refractivity contribution is 6.01. The average Bonchev–Trinajstić information content (AvgIpc) is 3.44. The van der Waals surface area contributed by atoms with E-state index in [1.807, 2.05) is 48.9 Å². The minimum Gasteiger partial charge on any atom is -0.496 e. The number of amides is 1. The van der Waals surface area contributed by atoms with Gasteiger partial charge in [0, 0.05) is 99.6 Å². The van der Waals surface area contributed by atoms with Crippen LogP contribution in [0.15, 0.2) is 55.0 Å². The number of ether oxygens (including phenoxy) is 1. The number of piperazine rings is 1. The molecule has 0 spiro atoms. The van der Waals surface area contributed by atoms with E-state index in [1.54, 1.807) is 26.1 Å². The highest BCUT2D eigenvalue weighted by Gasteiger charge is 2.25. The van der Waals surface area contributed by atoms with Crippen LogP contribution < -0.4 is 9.64 Å². The summed E-state index contributed by atoms with van der Waals surface area (Å²) in [5.74, 6) is 1.50. The molecule has 1 aromatic carbocycles. The van der Waals surface area contributed by atoms with E-state index >= 15 is 0 Å². The topological polar surface area (TPSA) is 80.8 Å². The first-order valence-corrected chi connectivity index (χ1v) is 14.5. The zero-order chi connectivity index (χ0) is 28.9. The van der Waals surface area contributed by atoms with Gasteiger partial charge in [0.25, 0.3) is 5.91 Å². The van der Waals surface area contributed by atoms with Crippen LogP contribution in [0.25, 0.3) is 33.3 Å². The molecule has 9 heteroatoms. The normalized spacial score (nSPS) is 14.1. The minimum atomic E-state index is -0.0521. The number of fused-ring (bicyclic) bond motifs is 1. The third-order valence-corrected chi connectivity index (χ3v) is 8.06. The van der Waals surface area contributed by atoms with Gasteiger partial charge in [-0.1, -0.05) is 32.0 Å². The maximum Gasteiger partial charge on any atom is 0.257 e. The number of benzene rings is 1. The fraction of sp³-hybridized carbons (Fsp3) is 0.406. The van der Waals surface area contributed by atoms with E-state index in [0.29, 0.717) is 5.56 Å². The summed E-state index contributed by atoms with van der Waals surface area (Å²) in [7, 11) is 5.26. The van der Waals surface area contributed by atoms with Crippen molar-refractivity contribution in [2.24, 2.45) is 0 Å². The van der Waals surface area contributed by atoms with Gasteiger partial charge in [-0.15, -0.1) is 0 Å². The van der Waals surface area contributed by atoms with Crippen LogP contribution in [0.4, 0.5) is 5.82 Å². The number of nitrogens with one attached hydrogen (secondary N) is 1. The van der Waals surface area contributed by atoms with Crippen molar-refractivity contribution in [2.45, 2.75) is 13.8 Å². The van der Waals surface area contributed by atoms with Gasteiger partial charge < -0.3 is 24.4 Å². The number of aromatic amines is 1. The monoisotopic (exact) mass is 555 g/mol. The molecule has 9 nitrogen and oxygen atoms in total. The first kappa shape index (κ1) is 28.6. The van der Waals surface area contributed by atoms with Gasteiger partial charge in [-0.25, -0.2) is 9.97 Å². The van der Waals surface area contributed by atoms with Crippen molar-refractivity contribution in [3.63, 3.8) is 0 Å². The maximum atomic E-state index is 13.4. The first-order valence-electron chi connectivity index (χ1n) is 14.5. The third-order valence-electron chi connectivity index (χ3n) is 8.06. The number of carbonyl (C=O) groups excluding carboxylic acids is 1. The molecule has 1 N–H and O–H groups in total. The second kappa shape index (κ2) is 12.7. The molecule has 0 bridgehead atoms. The van der Waals surface area contributed by atoms with Gasteiger partial charge in [0.05, 0.1) is 12.7 Å². The van der Waals surface area contributed by atoms with Gasteiger partial charge in [-0.3, -0.25) is 9.69 Å². The molecule has 3 aromatic heterocycles. The summed E-state index contributed by atoms with van der Waals surface area (Å²) >= 11 is 0. The predicted molar refractivity (Wildman–Crippen MR) is 166 cm³/mol. The molecule has 0 aliphatic carbocycles. The zero-order valence-electron chi connectivity index (χ0n) is 24.9. The Balaban J connectivity index is 1.43. The highest BCUT2D eigenvalue weighted by atomic mass is 16.5. The quantitative estimate of drug-likeness (QED) is 0.309. The SMILES string of the molecule is CCN(CC)CCN1CCN(c2ncc(-c3cnc4[nH]cc(-c5ccccc5OC)c4c3)cc2C(=O)N(C)C)CC1. The van der Waals surface area contributed by atoms with Crippen LogP contribution in [0.3, 0.4) is 0 Å². The van der Waals surface area contributed by atoms with Crippen molar-refractivity contribution in [3.8, 4) is 28.0 Å². The van der Waals surface area contributed by atoms with Gasteiger partial charge in [0.2, 0.25) is 0 Å². The number of para-hydroxylation sites is 1. The molecular weight excluding hydrogens is 514 g/mol. The summed E-state index contributed by atoms with van der Waals surface area (Å²) in [4.78, 5) is 35.1. The largest absolute Gasteiger partial charge is 0.496 e. The van der Waals surface area contributed by atoms with E-state index in [4.69, 9.17) is 14.7 Å². The van der Waals surface area contributed by atoms with Crippen molar-refractivity contribution < 1.29 is 9.53 Å². The van der Waals surface area contributed by atoms with E-state index in [-0.39, 0.29) is 5.91 Å². The summed E-state index contributed by atoms with van der Waals surface area (Å²) in [5.41, 5.74) is 5.18. The summed E-state index contributed by atoms with van der Waals surface area (Å²) < 4.78 is 5.61. The molecule has 5 rings (SSSR count). The Hall–Kier alpha value is -3.95. The second-order valence-electron chi connectivity index (χ2n) is 10.7. The van der Waals surface area contributed by atoms with Crippen LogP contribution in [0.1, 0.15) is 24.2 Å². The Kier molecular flexibility index (Phi) is 8.85. The number of likely N-dealkylation sites (N-methyl/N-ethyl adjacent to an activating group) is 1. The van der Waals surface area contributed by atoms with Crippen molar-refractivity contribution in [2.75, 3.05) is 78.5 Å². The number of H-pyrrole nitrogens is 1. The highest BCUT2D eigenvalue weighted by Crippen LogP contribution is 2.36. The molecule has 216 valence electrons. The lowest BCUT2D eigenvalue weighted by molar-refractivity contribution is 0.0827. The number of anilines is 1. The molecular formula is C32H41N7O2. The molecule has 4 aromatic rings. The second-order valence-corrected chi connectivity index (χ2v) is 10.7. The lowest BCUT2D eigenvalue weighted by Gasteiger charge is -2.37. The number of hydrogen-bond donors (Lipinski definition) is 1. The van der Waals surface area contributed by atoms with Crippen LogP contribution in [-0.4, -0.2) is 109 Å². The number of nitrogens with zero attached hydrogens (tertiary/aromatic N) is 6. The predicted octanol–water partition coefficient (Wildman–Crippen LogP) is 4.47. The zero-order valence-corrected chi connectivity index (χ0v) is 24.9. The van der Waals surface area contributed by atoms with Gasteiger partial charge in [0.15, 0.2) is 0 Å². The molecule has 0 saturated carbocycles. The Morgan fingerprint density at radius 2 is 1.68 bits per heavy atom. The van der Waals surface area contributed by atoms with Gasteiger partial charge >= 0.3 is 0 Å². The van der Waals surface area contributed by atoms with E-state index in [2.05, 4.69) is 39.6 Å².